The number of carbonyl (C=O) groups excluding carboxylic acids is 1. The molecule has 0 fully saturated rings. The van der Waals surface area contributed by atoms with E-state index >= 15 is 0 Å². The van der Waals surface area contributed by atoms with Gasteiger partial charge in [0.25, 0.3) is 0 Å². The zero-order valence-electron chi connectivity index (χ0n) is 9.02. The van der Waals surface area contributed by atoms with Gasteiger partial charge in [-0.1, -0.05) is 5.57 Å². The van der Waals surface area contributed by atoms with Crippen LogP contribution in [0, 0.1) is 0 Å². The van der Waals surface area contributed by atoms with Crippen molar-refractivity contribution in [1.82, 2.24) is 4.98 Å². The Bertz CT molecular complexity index is 431. The Labute approximate surface area is 92.8 Å². The number of hydrogen-bond acceptors (Lipinski definition) is 3. The molecular weight excluding hydrogens is 208 g/mol. The van der Waals surface area contributed by atoms with Gasteiger partial charge in [0.1, 0.15) is 5.69 Å². The fraction of sp³-hybridized carbons (Fsp3) is 0.182. The molecule has 2 N–H and O–H groups in total. The van der Waals surface area contributed by atoms with Crippen LogP contribution in [0.25, 0.3) is 0 Å². The van der Waals surface area contributed by atoms with Crippen LogP contribution in [0.15, 0.2) is 30.0 Å². The summed E-state index contributed by atoms with van der Waals surface area (Å²) < 4.78 is 0. The third kappa shape index (κ3) is 3.53. The number of allylic oxidation sites excluding steroid dienone is 1. The lowest BCUT2D eigenvalue weighted by Gasteiger charge is -2.02. The molecule has 0 unspecified atom stereocenters. The number of aromatic nitrogens is 1. The van der Waals surface area contributed by atoms with E-state index in [4.69, 9.17) is 5.11 Å². The van der Waals surface area contributed by atoms with Crippen molar-refractivity contribution >= 4 is 17.6 Å². The van der Waals surface area contributed by atoms with E-state index in [1.165, 1.54) is 24.4 Å². The first-order valence-electron chi connectivity index (χ1n) is 4.64. The Morgan fingerprint density at radius 2 is 2.06 bits per heavy atom. The maximum Gasteiger partial charge on any atom is 0.354 e. The van der Waals surface area contributed by atoms with Crippen LogP contribution in [-0.4, -0.2) is 22.0 Å². The van der Waals surface area contributed by atoms with E-state index in [0.717, 1.165) is 5.57 Å². The van der Waals surface area contributed by atoms with Gasteiger partial charge in [0, 0.05) is 6.08 Å². The number of pyridine rings is 1. The molecule has 1 rings (SSSR count). The lowest BCUT2D eigenvalue weighted by molar-refractivity contribution is -0.111. The summed E-state index contributed by atoms with van der Waals surface area (Å²) >= 11 is 0. The summed E-state index contributed by atoms with van der Waals surface area (Å²) in [4.78, 5) is 25.5. The quantitative estimate of drug-likeness (QED) is 0.759. The standard InChI is InChI=1S/C11H12N2O3/c1-7(2)5-10(14)13-8-3-4-9(11(15)16)12-6-8/h3-6H,1-2H3,(H,13,14)(H,15,16). The number of rotatable bonds is 3. The van der Waals surface area contributed by atoms with Gasteiger partial charge >= 0.3 is 5.97 Å². The fourth-order valence-corrected chi connectivity index (χ4v) is 1.03. The van der Waals surface area contributed by atoms with Crippen LogP contribution in [0.2, 0.25) is 0 Å². The highest BCUT2D eigenvalue weighted by atomic mass is 16.4. The molecule has 0 saturated carbocycles. The second-order valence-electron chi connectivity index (χ2n) is 3.45. The molecule has 1 aromatic heterocycles. The molecule has 0 atom stereocenters. The Kier molecular flexibility index (Phi) is 3.77. The molecule has 0 aromatic carbocycles. The molecule has 5 heteroatoms. The lowest BCUT2D eigenvalue weighted by atomic mass is 10.3. The SMILES string of the molecule is CC(C)=CC(=O)Nc1ccc(C(=O)O)nc1. The van der Waals surface area contributed by atoms with Crippen LogP contribution in [0.5, 0.6) is 0 Å². The summed E-state index contributed by atoms with van der Waals surface area (Å²) in [6.07, 6.45) is 2.76. The molecule has 5 nitrogen and oxygen atoms in total. The fourth-order valence-electron chi connectivity index (χ4n) is 1.03. The predicted octanol–water partition coefficient (Wildman–Crippen LogP) is 1.68. The monoisotopic (exact) mass is 220 g/mol. The minimum Gasteiger partial charge on any atom is -0.477 e. The van der Waals surface area contributed by atoms with Gasteiger partial charge in [-0.25, -0.2) is 9.78 Å². The maximum absolute atomic E-state index is 11.3. The Morgan fingerprint density at radius 3 is 2.50 bits per heavy atom. The second-order valence-corrected chi connectivity index (χ2v) is 3.45. The van der Waals surface area contributed by atoms with Crippen molar-refractivity contribution in [3.05, 3.63) is 35.7 Å². The van der Waals surface area contributed by atoms with Crippen LogP contribution in [0.1, 0.15) is 24.3 Å². The van der Waals surface area contributed by atoms with Crippen molar-refractivity contribution in [1.29, 1.82) is 0 Å². The van der Waals surface area contributed by atoms with E-state index in [1.54, 1.807) is 0 Å². The minimum absolute atomic E-state index is 0.0554. The smallest absolute Gasteiger partial charge is 0.354 e. The molecule has 1 aromatic rings. The molecule has 0 aliphatic carbocycles. The number of carbonyl (C=O) groups is 2. The molecule has 1 heterocycles. The zero-order valence-corrected chi connectivity index (χ0v) is 9.02. The normalized spacial score (nSPS) is 9.38. The van der Waals surface area contributed by atoms with Crippen LogP contribution in [-0.2, 0) is 4.79 Å². The van der Waals surface area contributed by atoms with Crippen LogP contribution >= 0.6 is 0 Å². The van der Waals surface area contributed by atoms with E-state index in [-0.39, 0.29) is 11.6 Å². The number of nitrogens with zero attached hydrogens (tertiary/aromatic N) is 1. The van der Waals surface area contributed by atoms with E-state index in [9.17, 15) is 9.59 Å². The molecule has 0 bridgehead atoms. The van der Waals surface area contributed by atoms with Crippen LogP contribution in [0.4, 0.5) is 5.69 Å². The molecule has 0 aliphatic heterocycles. The number of amides is 1. The first kappa shape index (κ1) is 11.9. The van der Waals surface area contributed by atoms with Gasteiger partial charge in [-0.2, -0.15) is 0 Å². The highest BCUT2D eigenvalue weighted by molar-refractivity contribution is 5.99. The topological polar surface area (TPSA) is 79.3 Å². The highest BCUT2D eigenvalue weighted by Crippen LogP contribution is 2.06. The number of carboxylic acid groups (broad SMARTS) is 1. The number of aromatic carboxylic acids is 1. The number of anilines is 1. The molecule has 0 saturated heterocycles. The van der Waals surface area contributed by atoms with Crippen molar-refractivity contribution in [2.24, 2.45) is 0 Å². The summed E-state index contributed by atoms with van der Waals surface area (Å²) in [6, 6.07) is 2.83. The van der Waals surface area contributed by atoms with E-state index < -0.39 is 5.97 Å². The van der Waals surface area contributed by atoms with Gasteiger partial charge in [-0.15, -0.1) is 0 Å². The largest absolute Gasteiger partial charge is 0.477 e. The Balaban J connectivity index is 2.73. The minimum atomic E-state index is -1.10. The van der Waals surface area contributed by atoms with Gasteiger partial charge in [0.2, 0.25) is 5.91 Å². The van der Waals surface area contributed by atoms with Crippen molar-refractivity contribution in [3.8, 4) is 0 Å². The lowest BCUT2D eigenvalue weighted by Crippen LogP contribution is -2.09. The summed E-state index contributed by atoms with van der Waals surface area (Å²) in [5.74, 6) is -1.35. The van der Waals surface area contributed by atoms with Crippen molar-refractivity contribution in [2.45, 2.75) is 13.8 Å². The van der Waals surface area contributed by atoms with Crippen LogP contribution < -0.4 is 5.32 Å². The Hall–Kier alpha value is -2.17. The molecular formula is C11H12N2O3. The van der Waals surface area contributed by atoms with Crippen molar-refractivity contribution < 1.29 is 14.7 Å². The van der Waals surface area contributed by atoms with Crippen molar-refractivity contribution in [3.63, 3.8) is 0 Å². The predicted molar refractivity (Wildman–Crippen MR) is 59.3 cm³/mol. The molecule has 0 radical (unpaired) electrons. The number of carboxylic acids is 1. The summed E-state index contributed by atoms with van der Waals surface area (Å²) in [5, 5.41) is 11.2. The molecule has 16 heavy (non-hydrogen) atoms. The molecule has 1 amide bonds. The van der Waals surface area contributed by atoms with Gasteiger partial charge < -0.3 is 10.4 Å². The summed E-state index contributed by atoms with van der Waals surface area (Å²) in [5.41, 5.74) is 1.29. The van der Waals surface area contributed by atoms with E-state index in [0.29, 0.717) is 5.69 Å². The van der Waals surface area contributed by atoms with Gasteiger partial charge in [-0.05, 0) is 26.0 Å². The van der Waals surface area contributed by atoms with E-state index in [1.807, 2.05) is 13.8 Å². The maximum atomic E-state index is 11.3. The van der Waals surface area contributed by atoms with Gasteiger partial charge in [-0.3, -0.25) is 4.79 Å². The first-order chi connectivity index (χ1) is 7.49. The third-order valence-electron chi connectivity index (χ3n) is 1.67. The first-order valence-corrected chi connectivity index (χ1v) is 4.64. The highest BCUT2D eigenvalue weighted by Gasteiger charge is 2.04. The number of nitrogens with one attached hydrogen (secondary N) is 1. The van der Waals surface area contributed by atoms with E-state index in [2.05, 4.69) is 10.3 Å². The average Bonchev–Trinajstić information content (AvgIpc) is 2.16. The summed E-state index contributed by atoms with van der Waals surface area (Å²) in [6.45, 7) is 3.62. The average molecular weight is 220 g/mol. The third-order valence-corrected chi connectivity index (χ3v) is 1.67. The Morgan fingerprint density at radius 1 is 1.38 bits per heavy atom. The summed E-state index contributed by atoms with van der Waals surface area (Å²) in [7, 11) is 0. The molecule has 0 aliphatic rings. The second kappa shape index (κ2) is 5.06. The molecule has 0 spiro atoms. The van der Waals surface area contributed by atoms with Gasteiger partial charge in [0.15, 0.2) is 0 Å². The van der Waals surface area contributed by atoms with Gasteiger partial charge in [0.05, 0.1) is 11.9 Å². The number of hydrogen-bond donors (Lipinski definition) is 2. The van der Waals surface area contributed by atoms with Crippen LogP contribution in [0.3, 0.4) is 0 Å². The molecule has 84 valence electrons. The zero-order chi connectivity index (χ0) is 12.1. The van der Waals surface area contributed by atoms with Crippen molar-refractivity contribution in [2.75, 3.05) is 5.32 Å².